The van der Waals surface area contributed by atoms with Gasteiger partial charge in [0.05, 0.1) is 18.4 Å². The van der Waals surface area contributed by atoms with Gasteiger partial charge in [-0.15, -0.1) is 0 Å². The lowest BCUT2D eigenvalue weighted by Crippen LogP contribution is -2.10. The topological polar surface area (TPSA) is 81.4 Å². The van der Waals surface area contributed by atoms with Crippen molar-refractivity contribution in [2.75, 3.05) is 12.4 Å². The monoisotopic (exact) mass is 410 g/mol. The molecule has 0 aliphatic rings. The summed E-state index contributed by atoms with van der Waals surface area (Å²) in [5.74, 6) is -1.22. The number of rotatable bonds is 4. The Kier molecular flexibility index (Phi) is 5.23. The molecule has 0 atom stereocenters. The number of hydrogen-bond donors (Lipinski definition) is 1. The van der Waals surface area contributed by atoms with Gasteiger partial charge >= 0.3 is 12.1 Å². The second-order valence-electron chi connectivity index (χ2n) is 5.62. The standard InChI is InChI=1S/C18H13F3N2O4S/c1-9-14(16(25)26-2)28-17(22-9)23-15(24)13-7-6-12(27-13)10-4-3-5-11(8-10)18(19,20)21/h3-8H,1-2H3,(H,22,23,24). The van der Waals surface area contributed by atoms with Gasteiger partial charge in [-0.2, -0.15) is 13.2 Å². The zero-order valence-corrected chi connectivity index (χ0v) is 15.4. The van der Waals surface area contributed by atoms with Crippen molar-refractivity contribution in [3.8, 4) is 11.3 Å². The van der Waals surface area contributed by atoms with Gasteiger partial charge in [0, 0.05) is 5.56 Å². The van der Waals surface area contributed by atoms with Crippen molar-refractivity contribution in [2.45, 2.75) is 13.1 Å². The van der Waals surface area contributed by atoms with Gasteiger partial charge in [0.25, 0.3) is 5.91 Å². The summed E-state index contributed by atoms with van der Waals surface area (Å²) in [6.07, 6.45) is -4.48. The number of thiazole rings is 1. The third-order valence-electron chi connectivity index (χ3n) is 3.69. The molecule has 3 rings (SSSR count). The number of halogens is 3. The maximum Gasteiger partial charge on any atom is 0.416 e. The zero-order chi connectivity index (χ0) is 20.5. The predicted octanol–water partition coefficient (Wildman–Crippen LogP) is 4.77. The number of anilines is 1. The Balaban J connectivity index is 1.79. The molecule has 0 saturated heterocycles. The number of carbonyl (C=O) groups is 2. The minimum atomic E-state index is -4.48. The molecule has 0 saturated carbocycles. The Morgan fingerprint density at radius 2 is 1.96 bits per heavy atom. The molecule has 146 valence electrons. The third kappa shape index (κ3) is 4.06. The number of alkyl halides is 3. The smallest absolute Gasteiger partial charge is 0.416 e. The highest BCUT2D eigenvalue weighted by Crippen LogP contribution is 2.33. The number of ether oxygens (including phenoxy) is 1. The molecule has 0 spiro atoms. The third-order valence-corrected chi connectivity index (χ3v) is 4.74. The minimum Gasteiger partial charge on any atom is -0.465 e. The van der Waals surface area contributed by atoms with Crippen molar-refractivity contribution in [1.29, 1.82) is 0 Å². The zero-order valence-electron chi connectivity index (χ0n) is 14.6. The molecule has 3 aromatic rings. The summed E-state index contributed by atoms with van der Waals surface area (Å²) >= 11 is 0.939. The largest absolute Gasteiger partial charge is 0.465 e. The van der Waals surface area contributed by atoms with Crippen molar-refractivity contribution < 1.29 is 31.9 Å². The average Bonchev–Trinajstić information content (AvgIpc) is 3.27. The highest BCUT2D eigenvalue weighted by Gasteiger charge is 2.30. The summed E-state index contributed by atoms with van der Waals surface area (Å²) < 4.78 is 48.5. The number of esters is 1. The Morgan fingerprint density at radius 3 is 2.64 bits per heavy atom. The maximum absolute atomic E-state index is 12.8. The van der Waals surface area contributed by atoms with E-state index in [1.807, 2.05) is 0 Å². The maximum atomic E-state index is 12.8. The molecule has 1 amide bonds. The van der Waals surface area contributed by atoms with E-state index >= 15 is 0 Å². The quantitative estimate of drug-likeness (QED) is 0.627. The van der Waals surface area contributed by atoms with Gasteiger partial charge in [-0.25, -0.2) is 9.78 Å². The number of nitrogens with zero attached hydrogens (tertiary/aromatic N) is 1. The van der Waals surface area contributed by atoms with Crippen LogP contribution in [0, 0.1) is 6.92 Å². The molecule has 1 N–H and O–H groups in total. The van der Waals surface area contributed by atoms with Gasteiger partial charge in [0.15, 0.2) is 10.9 Å². The van der Waals surface area contributed by atoms with Gasteiger partial charge in [0.1, 0.15) is 10.6 Å². The summed E-state index contributed by atoms with van der Waals surface area (Å²) in [7, 11) is 1.23. The van der Waals surface area contributed by atoms with Crippen LogP contribution in [0.1, 0.15) is 31.5 Å². The Bertz CT molecular complexity index is 1040. The van der Waals surface area contributed by atoms with Gasteiger partial charge < -0.3 is 9.15 Å². The fraction of sp³-hybridized carbons (Fsp3) is 0.167. The molecule has 0 unspecified atom stereocenters. The minimum absolute atomic E-state index is 0.111. The van der Waals surface area contributed by atoms with E-state index in [-0.39, 0.29) is 27.1 Å². The summed E-state index contributed by atoms with van der Waals surface area (Å²) in [5, 5.41) is 2.65. The molecule has 6 nitrogen and oxygen atoms in total. The molecule has 2 aromatic heterocycles. The van der Waals surface area contributed by atoms with Crippen LogP contribution in [0.2, 0.25) is 0 Å². The van der Waals surface area contributed by atoms with Crippen molar-refractivity contribution in [1.82, 2.24) is 4.98 Å². The molecule has 0 bridgehead atoms. The van der Waals surface area contributed by atoms with Crippen LogP contribution in [0.4, 0.5) is 18.3 Å². The summed E-state index contributed by atoms with van der Waals surface area (Å²) in [4.78, 5) is 28.2. The molecule has 10 heteroatoms. The first-order valence-corrected chi connectivity index (χ1v) is 8.65. The van der Waals surface area contributed by atoms with Crippen LogP contribution < -0.4 is 5.32 Å². The van der Waals surface area contributed by atoms with E-state index in [9.17, 15) is 22.8 Å². The normalized spacial score (nSPS) is 11.3. The van der Waals surface area contributed by atoms with Crippen LogP contribution in [0.25, 0.3) is 11.3 Å². The number of aromatic nitrogens is 1. The highest BCUT2D eigenvalue weighted by atomic mass is 32.1. The van der Waals surface area contributed by atoms with E-state index in [0.29, 0.717) is 5.69 Å². The average molecular weight is 410 g/mol. The molecule has 28 heavy (non-hydrogen) atoms. The van der Waals surface area contributed by atoms with Crippen LogP contribution in [0.15, 0.2) is 40.8 Å². The molecule has 1 aromatic carbocycles. The van der Waals surface area contributed by atoms with Gasteiger partial charge in [-0.1, -0.05) is 23.5 Å². The Hall–Kier alpha value is -3.14. The second kappa shape index (κ2) is 7.47. The van der Waals surface area contributed by atoms with E-state index in [2.05, 4.69) is 15.0 Å². The molecular formula is C18H13F3N2O4S. The molecule has 0 fully saturated rings. The van der Waals surface area contributed by atoms with Crippen LogP contribution >= 0.6 is 11.3 Å². The van der Waals surface area contributed by atoms with Gasteiger partial charge in [0.2, 0.25) is 0 Å². The highest BCUT2D eigenvalue weighted by molar-refractivity contribution is 7.17. The van der Waals surface area contributed by atoms with E-state index in [1.54, 1.807) is 6.92 Å². The summed E-state index contributed by atoms with van der Waals surface area (Å²) in [6, 6.07) is 7.33. The lowest BCUT2D eigenvalue weighted by atomic mass is 10.1. The van der Waals surface area contributed by atoms with Gasteiger partial charge in [-0.3, -0.25) is 10.1 Å². The lowest BCUT2D eigenvalue weighted by Gasteiger charge is -2.07. The van der Waals surface area contributed by atoms with E-state index in [1.165, 1.54) is 31.4 Å². The number of methoxy groups -OCH3 is 1. The van der Waals surface area contributed by atoms with E-state index < -0.39 is 23.6 Å². The van der Waals surface area contributed by atoms with Crippen LogP contribution in [0.3, 0.4) is 0 Å². The van der Waals surface area contributed by atoms with Crippen molar-refractivity contribution in [2.24, 2.45) is 0 Å². The fourth-order valence-electron chi connectivity index (χ4n) is 2.35. The predicted molar refractivity (Wildman–Crippen MR) is 95.3 cm³/mol. The first kappa shape index (κ1) is 19.6. The molecular weight excluding hydrogens is 397 g/mol. The molecule has 2 heterocycles. The Morgan fingerprint density at radius 1 is 1.21 bits per heavy atom. The number of aryl methyl sites for hydroxylation is 1. The summed E-state index contributed by atoms with van der Waals surface area (Å²) in [5.41, 5.74) is -0.232. The van der Waals surface area contributed by atoms with E-state index in [4.69, 9.17) is 4.42 Å². The Labute approximate surface area is 161 Å². The van der Waals surface area contributed by atoms with Crippen molar-refractivity contribution >= 4 is 28.3 Å². The first-order chi connectivity index (χ1) is 13.2. The van der Waals surface area contributed by atoms with Gasteiger partial charge in [-0.05, 0) is 31.2 Å². The number of hydrogen-bond acceptors (Lipinski definition) is 6. The molecule has 0 radical (unpaired) electrons. The molecule has 0 aliphatic heterocycles. The first-order valence-electron chi connectivity index (χ1n) is 7.83. The van der Waals surface area contributed by atoms with Crippen LogP contribution in [0.5, 0.6) is 0 Å². The number of furan rings is 1. The number of amides is 1. The van der Waals surface area contributed by atoms with Crippen LogP contribution in [-0.4, -0.2) is 24.0 Å². The SMILES string of the molecule is COC(=O)c1sc(NC(=O)c2ccc(-c3cccc(C(F)(F)F)c3)o2)nc1C. The van der Waals surface area contributed by atoms with Crippen LogP contribution in [-0.2, 0) is 10.9 Å². The molecule has 0 aliphatic carbocycles. The number of benzene rings is 1. The fourth-order valence-corrected chi connectivity index (χ4v) is 3.23. The van der Waals surface area contributed by atoms with Crippen molar-refractivity contribution in [3.63, 3.8) is 0 Å². The number of nitrogens with one attached hydrogen (secondary N) is 1. The van der Waals surface area contributed by atoms with E-state index in [0.717, 1.165) is 23.5 Å². The lowest BCUT2D eigenvalue weighted by molar-refractivity contribution is -0.137. The number of carbonyl (C=O) groups excluding carboxylic acids is 2. The summed E-state index contributed by atoms with van der Waals surface area (Å²) in [6.45, 7) is 1.59. The van der Waals surface area contributed by atoms with Crippen molar-refractivity contribution in [3.05, 3.63) is 58.3 Å². The second-order valence-corrected chi connectivity index (χ2v) is 6.62.